The number of nitrogens with zero attached hydrogens (tertiary/aromatic N) is 1. The molecule has 2 nitrogen and oxygen atoms in total. The molecule has 0 aliphatic rings. The third-order valence-corrected chi connectivity index (χ3v) is 2.55. The molecule has 0 aromatic heterocycles. The quantitative estimate of drug-likeness (QED) is 0.557. The molecule has 0 heterocycles. The summed E-state index contributed by atoms with van der Waals surface area (Å²) in [5.74, 6) is 0.517. The molecule has 1 aromatic rings. The minimum Gasteiger partial charge on any atom is -0.211 e. The second-order valence-corrected chi connectivity index (χ2v) is 4.13. The van der Waals surface area contributed by atoms with Gasteiger partial charge >= 0.3 is 0 Å². The van der Waals surface area contributed by atoms with E-state index in [-0.39, 0.29) is 0 Å². The van der Waals surface area contributed by atoms with Crippen LogP contribution in [0.15, 0.2) is 29.3 Å². The lowest BCUT2D eigenvalue weighted by molar-refractivity contribution is 0.531. The van der Waals surface area contributed by atoms with Gasteiger partial charge in [-0.1, -0.05) is 30.7 Å². The molecule has 0 aliphatic carbocycles. The monoisotopic (exact) mass is 223 g/mol. The molecule has 0 bridgehead atoms. The molecule has 0 spiro atoms. The first-order chi connectivity index (χ1) is 7.22. The Balaban J connectivity index is 2.40. The maximum Gasteiger partial charge on any atom is 0.234 e. The largest absolute Gasteiger partial charge is 0.234 e. The number of hydrogen-bond donors (Lipinski definition) is 0. The topological polar surface area (TPSA) is 29.4 Å². The lowest BCUT2D eigenvalue weighted by Gasteiger charge is -2.09. The van der Waals surface area contributed by atoms with Crippen molar-refractivity contribution in [2.45, 2.75) is 19.8 Å². The molecule has 0 amide bonds. The fourth-order valence-corrected chi connectivity index (χ4v) is 1.58. The zero-order valence-corrected chi connectivity index (χ0v) is 9.50. The molecule has 1 aromatic carbocycles. The SMILES string of the molecule is CC(CCN=C=O)Cc1ccc(Cl)cc1. The van der Waals surface area contributed by atoms with Crippen molar-refractivity contribution >= 4 is 17.7 Å². The van der Waals surface area contributed by atoms with E-state index in [0.717, 1.165) is 17.9 Å². The minimum atomic E-state index is 0.517. The van der Waals surface area contributed by atoms with Gasteiger partial charge in [-0.2, -0.15) is 0 Å². The zero-order chi connectivity index (χ0) is 11.1. The molecule has 1 rings (SSSR count). The number of benzene rings is 1. The van der Waals surface area contributed by atoms with Gasteiger partial charge in [0.1, 0.15) is 0 Å². The van der Waals surface area contributed by atoms with E-state index in [1.54, 1.807) is 6.08 Å². The number of rotatable bonds is 5. The maximum absolute atomic E-state index is 9.88. The molecule has 0 saturated carbocycles. The van der Waals surface area contributed by atoms with Crippen molar-refractivity contribution in [3.8, 4) is 0 Å². The summed E-state index contributed by atoms with van der Waals surface area (Å²) in [7, 11) is 0. The average Bonchev–Trinajstić information content (AvgIpc) is 2.22. The Labute approximate surface area is 95.0 Å². The zero-order valence-electron chi connectivity index (χ0n) is 8.74. The summed E-state index contributed by atoms with van der Waals surface area (Å²) in [5.41, 5.74) is 1.27. The van der Waals surface area contributed by atoms with E-state index in [4.69, 9.17) is 11.6 Å². The summed E-state index contributed by atoms with van der Waals surface area (Å²) >= 11 is 5.79. The molecule has 0 radical (unpaired) electrons. The molecular weight excluding hydrogens is 210 g/mol. The van der Waals surface area contributed by atoms with Gasteiger partial charge in [-0.05, 0) is 36.5 Å². The van der Waals surface area contributed by atoms with Gasteiger partial charge < -0.3 is 0 Å². The van der Waals surface area contributed by atoms with Gasteiger partial charge in [0.25, 0.3) is 0 Å². The van der Waals surface area contributed by atoms with Crippen LogP contribution in [0.2, 0.25) is 5.02 Å². The highest BCUT2D eigenvalue weighted by Gasteiger charge is 2.03. The summed E-state index contributed by atoms with van der Waals surface area (Å²) < 4.78 is 0. The molecular formula is C12H14ClNO. The van der Waals surface area contributed by atoms with Crippen molar-refractivity contribution in [2.75, 3.05) is 6.54 Å². The van der Waals surface area contributed by atoms with Crippen molar-refractivity contribution in [1.29, 1.82) is 0 Å². The third-order valence-electron chi connectivity index (χ3n) is 2.30. The van der Waals surface area contributed by atoms with E-state index in [0.29, 0.717) is 12.5 Å². The van der Waals surface area contributed by atoms with E-state index < -0.39 is 0 Å². The van der Waals surface area contributed by atoms with Crippen LogP contribution >= 0.6 is 11.6 Å². The van der Waals surface area contributed by atoms with Gasteiger partial charge in [0.15, 0.2) is 0 Å². The molecule has 0 saturated heterocycles. The predicted octanol–water partition coefficient (Wildman–Crippen LogP) is 3.24. The van der Waals surface area contributed by atoms with Crippen LogP contribution in [0.25, 0.3) is 0 Å². The van der Waals surface area contributed by atoms with Crippen LogP contribution in [-0.4, -0.2) is 12.6 Å². The summed E-state index contributed by atoms with van der Waals surface area (Å²) in [6, 6.07) is 7.85. The second kappa shape index (κ2) is 6.39. The van der Waals surface area contributed by atoms with Crippen LogP contribution in [0.4, 0.5) is 0 Å². The van der Waals surface area contributed by atoms with Crippen molar-refractivity contribution < 1.29 is 4.79 Å². The Morgan fingerprint density at radius 1 is 1.40 bits per heavy atom. The van der Waals surface area contributed by atoms with Crippen LogP contribution in [0.1, 0.15) is 18.9 Å². The summed E-state index contributed by atoms with van der Waals surface area (Å²) in [6.07, 6.45) is 3.46. The second-order valence-electron chi connectivity index (χ2n) is 3.70. The first kappa shape index (κ1) is 12.0. The van der Waals surface area contributed by atoms with E-state index in [9.17, 15) is 4.79 Å². The number of carbonyl (C=O) groups excluding carboxylic acids is 1. The van der Waals surface area contributed by atoms with Gasteiger partial charge in [0.2, 0.25) is 6.08 Å². The standard InChI is InChI=1S/C12H14ClNO/c1-10(6-7-14-9-15)8-11-2-4-12(13)5-3-11/h2-5,10H,6-8H2,1H3. The lowest BCUT2D eigenvalue weighted by Crippen LogP contribution is -2.01. The van der Waals surface area contributed by atoms with Crippen molar-refractivity contribution in [3.63, 3.8) is 0 Å². The van der Waals surface area contributed by atoms with Gasteiger partial charge in [-0.15, -0.1) is 0 Å². The third kappa shape index (κ3) is 4.78. The van der Waals surface area contributed by atoms with Gasteiger partial charge in [0.05, 0.1) is 6.54 Å². The van der Waals surface area contributed by atoms with E-state index in [1.165, 1.54) is 5.56 Å². The number of isocyanates is 1. The van der Waals surface area contributed by atoms with Gasteiger partial charge in [0, 0.05) is 5.02 Å². The molecule has 0 fully saturated rings. The Morgan fingerprint density at radius 3 is 2.67 bits per heavy atom. The smallest absolute Gasteiger partial charge is 0.211 e. The minimum absolute atomic E-state index is 0.517. The fraction of sp³-hybridized carbons (Fsp3) is 0.417. The van der Waals surface area contributed by atoms with E-state index in [1.807, 2.05) is 24.3 Å². The molecule has 0 aliphatic heterocycles. The Kier molecular flexibility index (Phi) is 5.09. The molecule has 15 heavy (non-hydrogen) atoms. The van der Waals surface area contributed by atoms with Crippen molar-refractivity contribution in [2.24, 2.45) is 10.9 Å². The maximum atomic E-state index is 9.88. The fourth-order valence-electron chi connectivity index (χ4n) is 1.46. The molecule has 1 unspecified atom stereocenters. The summed E-state index contributed by atoms with van der Waals surface area (Å²) in [5, 5.41) is 0.761. The van der Waals surface area contributed by atoms with E-state index in [2.05, 4.69) is 11.9 Å². The van der Waals surface area contributed by atoms with Crippen LogP contribution < -0.4 is 0 Å². The number of aliphatic imine (C=N–C) groups is 1. The highest BCUT2D eigenvalue weighted by atomic mass is 35.5. The molecule has 80 valence electrons. The van der Waals surface area contributed by atoms with Crippen LogP contribution in [0, 0.1) is 5.92 Å². The molecule has 0 N–H and O–H groups in total. The Hall–Kier alpha value is -1.11. The number of hydrogen-bond acceptors (Lipinski definition) is 2. The first-order valence-corrected chi connectivity index (χ1v) is 5.38. The highest BCUT2D eigenvalue weighted by Crippen LogP contribution is 2.15. The highest BCUT2D eigenvalue weighted by molar-refractivity contribution is 6.30. The summed E-state index contributed by atoms with van der Waals surface area (Å²) in [4.78, 5) is 13.4. The van der Waals surface area contributed by atoms with E-state index >= 15 is 0 Å². The lowest BCUT2D eigenvalue weighted by atomic mass is 9.98. The predicted molar refractivity (Wildman–Crippen MR) is 61.9 cm³/mol. The number of halogens is 1. The van der Waals surface area contributed by atoms with Crippen molar-refractivity contribution in [3.05, 3.63) is 34.9 Å². The normalized spacial score (nSPS) is 11.9. The van der Waals surface area contributed by atoms with Gasteiger partial charge in [-0.25, -0.2) is 9.79 Å². The van der Waals surface area contributed by atoms with Crippen LogP contribution in [0.5, 0.6) is 0 Å². The van der Waals surface area contributed by atoms with Crippen LogP contribution in [-0.2, 0) is 11.2 Å². The summed E-state index contributed by atoms with van der Waals surface area (Å²) in [6.45, 7) is 2.72. The molecule has 1 atom stereocenters. The Bertz CT molecular complexity index is 341. The first-order valence-electron chi connectivity index (χ1n) is 5.00. The average molecular weight is 224 g/mol. The van der Waals surface area contributed by atoms with Crippen molar-refractivity contribution in [1.82, 2.24) is 0 Å². The van der Waals surface area contributed by atoms with Crippen LogP contribution in [0.3, 0.4) is 0 Å². The molecule has 3 heteroatoms. The van der Waals surface area contributed by atoms with Gasteiger partial charge in [-0.3, -0.25) is 0 Å². The Morgan fingerprint density at radius 2 is 2.07 bits per heavy atom.